The van der Waals surface area contributed by atoms with Gasteiger partial charge in [-0.05, 0) is 12.1 Å². The Labute approximate surface area is 133 Å². The maximum atomic E-state index is 11.1. The van der Waals surface area contributed by atoms with Gasteiger partial charge >= 0.3 is 11.6 Å². The molecule has 2 aromatic rings. The molecule has 24 heavy (non-hydrogen) atoms. The van der Waals surface area contributed by atoms with Gasteiger partial charge in [-0.15, -0.1) is 0 Å². The lowest BCUT2D eigenvalue weighted by Crippen LogP contribution is -2.11. The maximum Gasteiger partial charge on any atom is 0.433 e. The van der Waals surface area contributed by atoms with Crippen molar-refractivity contribution in [3.05, 3.63) is 66.4 Å². The predicted molar refractivity (Wildman–Crippen MR) is 81.1 cm³/mol. The van der Waals surface area contributed by atoms with Crippen molar-refractivity contribution in [3.63, 3.8) is 0 Å². The molecule has 0 spiro atoms. The second kappa shape index (κ2) is 6.51. The van der Waals surface area contributed by atoms with Gasteiger partial charge in [0, 0.05) is 13.1 Å². The highest BCUT2D eigenvalue weighted by atomic mass is 16.7. The molecule has 0 radical (unpaired) electrons. The maximum absolute atomic E-state index is 11.1. The van der Waals surface area contributed by atoms with Crippen LogP contribution in [0.5, 0.6) is 0 Å². The van der Waals surface area contributed by atoms with E-state index in [9.17, 15) is 30.3 Å². The lowest BCUT2D eigenvalue weighted by molar-refractivity contribution is -0.402. The van der Waals surface area contributed by atoms with Gasteiger partial charge in [0.25, 0.3) is 5.69 Å². The number of rotatable bonds is 6. The summed E-state index contributed by atoms with van der Waals surface area (Å²) in [7, 11) is 1.38. The second-order valence-electron chi connectivity index (χ2n) is 4.39. The van der Waals surface area contributed by atoms with Crippen LogP contribution in [0.2, 0.25) is 0 Å². The minimum Gasteiger partial charge on any atom is -0.400 e. The van der Waals surface area contributed by atoms with Gasteiger partial charge in [-0.2, -0.15) is 5.10 Å². The number of nitro benzene ring substituents is 2. The molecule has 12 nitrogen and oxygen atoms in total. The fraction of sp³-hybridized carbons (Fsp3) is 0.0833. The largest absolute Gasteiger partial charge is 0.433 e. The van der Waals surface area contributed by atoms with Gasteiger partial charge in [0.05, 0.1) is 28.2 Å². The molecule has 0 N–H and O–H groups in total. The van der Waals surface area contributed by atoms with E-state index in [1.165, 1.54) is 19.2 Å². The van der Waals surface area contributed by atoms with Crippen LogP contribution in [0.25, 0.3) is 0 Å². The molecule has 0 amide bonds. The predicted octanol–water partition coefficient (Wildman–Crippen LogP) is 2.47. The summed E-state index contributed by atoms with van der Waals surface area (Å²) >= 11 is 0. The molecule has 12 heteroatoms. The van der Waals surface area contributed by atoms with Crippen LogP contribution in [0.1, 0.15) is 5.76 Å². The molecule has 0 saturated carbocycles. The van der Waals surface area contributed by atoms with Gasteiger partial charge in [-0.1, -0.05) is 0 Å². The van der Waals surface area contributed by atoms with E-state index in [1.807, 2.05) is 0 Å². The zero-order chi connectivity index (χ0) is 17.9. The molecule has 2 rings (SSSR count). The van der Waals surface area contributed by atoms with Crippen molar-refractivity contribution in [2.45, 2.75) is 0 Å². The van der Waals surface area contributed by atoms with Crippen molar-refractivity contribution in [1.82, 2.24) is 0 Å². The van der Waals surface area contributed by atoms with Gasteiger partial charge in [0.2, 0.25) is 0 Å². The summed E-state index contributed by atoms with van der Waals surface area (Å²) < 4.78 is 4.86. The third-order valence-corrected chi connectivity index (χ3v) is 2.87. The topological polar surface area (TPSA) is 158 Å². The summed E-state index contributed by atoms with van der Waals surface area (Å²) in [6, 6.07) is 5.54. The Morgan fingerprint density at radius 1 is 1.04 bits per heavy atom. The Kier molecular flexibility index (Phi) is 4.49. The first kappa shape index (κ1) is 16.5. The number of anilines is 1. The van der Waals surface area contributed by atoms with Crippen LogP contribution in [-0.2, 0) is 0 Å². The molecule has 0 aliphatic rings. The van der Waals surface area contributed by atoms with Crippen molar-refractivity contribution >= 4 is 29.2 Å². The molecule has 0 bridgehead atoms. The fourth-order valence-electron chi connectivity index (χ4n) is 1.76. The van der Waals surface area contributed by atoms with E-state index in [0.717, 1.165) is 29.4 Å². The molecular weight excluding hydrogens is 326 g/mol. The third-order valence-electron chi connectivity index (χ3n) is 2.87. The van der Waals surface area contributed by atoms with Crippen molar-refractivity contribution in [1.29, 1.82) is 0 Å². The molecule has 0 unspecified atom stereocenters. The minimum atomic E-state index is -0.772. The van der Waals surface area contributed by atoms with E-state index in [-0.39, 0.29) is 11.4 Å². The Bertz CT molecular complexity index is 844. The molecule has 0 atom stereocenters. The lowest BCUT2D eigenvalue weighted by Gasteiger charge is -2.12. The van der Waals surface area contributed by atoms with Crippen LogP contribution in [-0.4, -0.2) is 28.0 Å². The number of hydrogen-bond acceptors (Lipinski definition) is 9. The van der Waals surface area contributed by atoms with E-state index >= 15 is 0 Å². The number of hydrazone groups is 1. The van der Waals surface area contributed by atoms with E-state index in [0.29, 0.717) is 0 Å². The Morgan fingerprint density at radius 2 is 1.75 bits per heavy atom. The normalized spacial score (nSPS) is 10.7. The number of benzene rings is 1. The molecule has 1 aromatic carbocycles. The van der Waals surface area contributed by atoms with E-state index in [1.54, 1.807) is 0 Å². The summed E-state index contributed by atoms with van der Waals surface area (Å²) in [5, 5.41) is 37.2. The monoisotopic (exact) mass is 335 g/mol. The van der Waals surface area contributed by atoms with Crippen LogP contribution in [0, 0.1) is 30.3 Å². The first-order valence-corrected chi connectivity index (χ1v) is 6.24. The number of hydrogen-bond donors (Lipinski definition) is 0. The second-order valence-corrected chi connectivity index (χ2v) is 4.39. The third kappa shape index (κ3) is 3.49. The highest BCUT2D eigenvalue weighted by Crippen LogP contribution is 2.31. The minimum absolute atomic E-state index is 0.00269. The molecule has 1 aromatic heterocycles. The molecule has 0 fully saturated rings. The van der Waals surface area contributed by atoms with Gasteiger partial charge < -0.3 is 4.42 Å². The quantitative estimate of drug-likeness (QED) is 0.442. The van der Waals surface area contributed by atoms with Crippen molar-refractivity contribution in [2.24, 2.45) is 5.10 Å². The molecule has 124 valence electrons. The Balaban J connectivity index is 2.29. The summed E-state index contributed by atoms with van der Waals surface area (Å²) in [6.45, 7) is 0. The summed E-state index contributed by atoms with van der Waals surface area (Å²) in [5.74, 6) is -0.404. The van der Waals surface area contributed by atoms with Crippen LogP contribution in [0.15, 0.2) is 39.9 Å². The lowest BCUT2D eigenvalue weighted by atomic mass is 10.2. The van der Waals surface area contributed by atoms with Crippen molar-refractivity contribution in [2.75, 3.05) is 12.1 Å². The van der Waals surface area contributed by atoms with Gasteiger partial charge in [-0.25, -0.2) is 0 Å². The van der Waals surface area contributed by atoms with Gasteiger partial charge in [0.15, 0.2) is 5.76 Å². The summed E-state index contributed by atoms with van der Waals surface area (Å²) in [4.78, 5) is 30.0. The summed E-state index contributed by atoms with van der Waals surface area (Å²) in [6.07, 6.45) is 1.12. The molecule has 1 heterocycles. The van der Waals surface area contributed by atoms with Crippen LogP contribution in [0.3, 0.4) is 0 Å². The average Bonchev–Trinajstić information content (AvgIpc) is 3.01. The Hall–Kier alpha value is -3.83. The summed E-state index contributed by atoms with van der Waals surface area (Å²) in [5.41, 5.74) is -0.929. The first-order chi connectivity index (χ1) is 11.3. The molecular formula is C12H9N5O7. The SMILES string of the molecule is CN(/N=C/c1ccc([N+](=O)[O-])o1)c1ccc([N+](=O)[O-])cc1[N+](=O)[O-]. The van der Waals surface area contributed by atoms with Crippen LogP contribution >= 0.6 is 0 Å². The van der Waals surface area contributed by atoms with E-state index in [2.05, 4.69) is 5.10 Å². The average molecular weight is 335 g/mol. The number of non-ortho nitro benzene ring substituents is 1. The highest BCUT2D eigenvalue weighted by molar-refractivity contribution is 5.78. The van der Waals surface area contributed by atoms with Crippen LogP contribution in [0.4, 0.5) is 22.9 Å². The molecule has 0 aliphatic heterocycles. The van der Waals surface area contributed by atoms with Gasteiger partial charge in [0.1, 0.15) is 10.6 Å². The fourth-order valence-corrected chi connectivity index (χ4v) is 1.76. The zero-order valence-electron chi connectivity index (χ0n) is 12.1. The zero-order valence-corrected chi connectivity index (χ0v) is 12.1. The van der Waals surface area contributed by atoms with Gasteiger partial charge in [-0.3, -0.25) is 35.4 Å². The number of nitrogens with zero attached hydrogens (tertiary/aromatic N) is 5. The van der Waals surface area contributed by atoms with E-state index < -0.39 is 32.0 Å². The highest BCUT2D eigenvalue weighted by Gasteiger charge is 2.21. The van der Waals surface area contributed by atoms with Crippen molar-refractivity contribution < 1.29 is 19.2 Å². The Morgan fingerprint density at radius 3 is 2.29 bits per heavy atom. The first-order valence-electron chi connectivity index (χ1n) is 6.24. The smallest absolute Gasteiger partial charge is 0.400 e. The number of furan rings is 1. The number of nitro groups is 3. The van der Waals surface area contributed by atoms with E-state index in [4.69, 9.17) is 4.42 Å². The molecule has 0 aliphatic carbocycles. The van der Waals surface area contributed by atoms with Crippen molar-refractivity contribution in [3.8, 4) is 0 Å². The van der Waals surface area contributed by atoms with Crippen LogP contribution < -0.4 is 5.01 Å². The standard InChI is InChI=1S/C12H9N5O7/c1-14(13-7-9-3-5-12(24-9)17(22)23)10-4-2-8(15(18)19)6-11(10)16(20)21/h2-7H,1H3/b13-7+. The molecule has 0 saturated heterocycles.